The van der Waals surface area contributed by atoms with Gasteiger partial charge in [-0.3, -0.25) is 0 Å². The Hall–Kier alpha value is -1.65. The molecule has 1 aromatic rings. The Morgan fingerprint density at radius 2 is 2.17 bits per heavy atom. The van der Waals surface area contributed by atoms with Crippen LogP contribution in [0.5, 0.6) is 0 Å². The van der Waals surface area contributed by atoms with Crippen LogP contribution in [-0.4, -0.2) is 36.0 Å². The monoisotopic (exact) mass is 250 g/mol. The van der Waals surface area contributed by atoms with Crippen LogP contribution in [-0.2, 0) is 16.0 Å². The number of carboxylic acids is 1. The Morgan fingerprint density at radius 1 is 1.44 bits per heavy atom. The predicted molar refractivity (Wildman–Crippen MR) is 69.3 cm³/mol. The Balaban J connectivity index is 2.73. The lowest BCUT2D eigenvalue weighted by molar-refractivity contribution is -0.131. The molecule has 1 rings (SSSR count). The first-order chi connectivity index (χ1) is 8.67. The lowest BCUT2D eigenvalue weighted by Gasteiger charge is -2.13. The van der Waals surface area contributed by atoms with Crippen molar-refractivity contribution in [3.05, 3.63) is 41.5 Å². The van der Waals surface area contributed by atoms with E-state index in [2.05, 4.69) is 0 Å². The van der Waals surface area contributed by atoms with E-state index in [1.54, 1.807) is 13.2 Å². The van der Waals surface area contributed by atoms with Crippen LogP contribution in [0.1, 0.15) is 17.5 Å². The van der Waals surface area contributed by atoms with Crippen LogP contribution in [0.4, 0.5) is 0 Å². The average molecular weight is 250 g/mol. The number of hydrogen-bond donors (Lipinski definition) is 2. The zero-order valence-corrected chi connectivity index (χ0v) is 10.4. The number of aryl methyl sites for hydroxylation is 1. The van der Waals surface area contributed by atoms with E-state index in [9.17, 15) is 4.79 Å². The predicted octanol–water partition coefficient (Wildman–Crippen LogP) is 1.72. The summed E-state index contributed by atoms with van der Waals surface area (Å²) < 4.78 is 5.10. The first kappa shape index (κ1) is 14.4. The molecule has 0 saturated heterocycles. The van der Waals surface area contributed by atoms with Gasteiger partial charge in [-0.05, 0) is 30.0 Å². The molecule has 0 aliphatic heterocycles. The topological polar surface area (TPSA) is 66.8 Å². The van der Waals surface area contributed by atoms with Crippen molar-refractivity contribution in [2.45, 2.75) is 18.9 Å². The van der Waals surface area contributed by atoms with Crippen LogP contribution in [0.3, 0.4) is 0 Å². The Kier molecular flexibility index (Phi) is 6.11. The molecule has 98 valence electrons. The fraction of sp³-hybridized carbons (Fsp3) is 0.357. The highest BCUT2D eigenvalue weighted by Gasteiger charge is 2.07. The molecule has 1 unspecified atom stereocenters. The highest BCUT2D eigenvalue weighted by molar-refractivity contribution is 5.85. The number of methoxy groups -OCH3 is 1. The van der Waals surface area contributed by atoms with Gasteiger partial charge in [-0.1, -0.05) is 24.3 Å². The normalized spacial score (nSPS) is 12.8. The molecule has 0 aromatic heterocycles. The summed E-state index contributed by atoms with van der Waals surface area (Å²) in [6.07, 6.45) is 3.96. The number of benzene rings is 1. The molecular weight excluding hydrogens is 232 g/mol. The van der Waals surface area contributed by atoms with E-state index in [0.29, 0.717) is 6.42 Å². The van der Waals surface area contributed by atoms with Gasteiger partial charge in [-0.2, -0.15) is 0 Å². The fourth-order valence-corrected chi connectivity index (χ4v) is 1.69. The maximum absolute atomic E-state index is 10.5. The zero-order chi connectivity index (χ0) is 13.4. The van der Waals surface area contributed by atoms with Crippen molar-refractivity contribution in [3.8, 4) is 0 Å². The highest BCUT2D eigenvalue weighted by atomic mass is 16.5. The van der Waals surface area contributed by atoms with E-state index in [4.69, 9.17) is 14.9 Å². The van der Waals surface area contributed by atoms with Crippen LogP contribution in [0.15, 0.2) is 30.3 Å². The quantitative estimate of drug-likeness (QED) is 0.723. The molecule has 0 radical (unpaired) electrons. The third-order valence-electron chi connectivity index (χ3n) is 2.73. The van der Waals surface area contributed by atoms with Gasteiger partial charge in [-0.15, -0.1) is 0 Å². The highest BCUT2D eigenvalue weighted by Crippen LogP contribution is 2.14. The Morgan fingerprint density at radius 3 is 2.78 bits per heavy atom. The van der Waals surface area contributed by atoms with Gasteiger partial charge in [0.15, 0.2) is 0 Å². The summed E-state index contributed by atoms with van der Waals surface area (Å²) in [5.41, 5.74) is 1.93. The molecule has 0 fully saturated rings. The van der Waals surface area contributed by atoms with Gasteiger partial charge < -0.3 is 14.9 Å². The second-order valence-corrected chi connectivity index (χ2v) is 3.95. The van der Waals surface area contributed by atoms with Crippen LogP contribution < -0.4 is 0 Å². The number of ether oxygens (including phenoxy) is 1. The minimum Gasteiger partial charge on any atom is -0.478 e. The first-order valence-electron chi connectivity index (χ1n) is 5.80. The number of aliphatic carboxylic acids is 1. The maximum atomic E-state index is 10.5. The lowest BCUT2D eigenvalue weighted by atomic mass is 10.0. The Labute approximate surface area is 107 Å². The smallest absolute Gasteiger partial charge is 0.328 e. The summed E-state index contributed by atoms with van der Waals surface area (Å²) in [6.45, 7) is -0.0103. The Bertz CT molecular complexity index is 408. The molecule has 0 aliphatic rings. The third-order valence-corrected chi connectivity index (χ3v) is 2.73. The third kappa shape index (κ3) is 4.69. The van der Waals surface area contributed by atoms with E-state index < -0.39 is 5.97 Å². The van der Waals surface area contributed by atoms with Crippen LogP contribution in [0, 0.1) is 0 Å². The number of carboxylic acid groups (broad SMARTS) is 1. The zero-order valence-electron chi connectivity index (χ0n) is 10.4. The van der Waals surface area contributed by atoms with Crippen molar-refractivity contribution in [2.75, 3.05) is 13.7 Å². The minimum atomic E-state index is -0.963. The number of carbonyl (C=O) groups is 1. The molecule has 0 aliphatic carbocycles. The molecule has 18 heavy (non-hydrogen) atoms. The molecule has 1 atom stereocenters. The standard InChI is InChI=1S/C14H18O4/c1-18-13(10-15)8-6-11-4-2-3-5-12(11)7-9-14(16)17/h2-5,7,9,13,15H,6,8,10H2,1H3,(H,16,17)/b9-7+. The van der Waals surface area contributed by atoms with Crippen molar-refractivity contribution in [2.24, 2.45) is 0 Å². The van der Waals surface area contributed by atoms with Crippen LogP contribution in [0.2, 0.25) is 0 Å². The van der Waals surface area contributed by atoms with Crippen LogP contribution in [0.25, 0.3) is 6.08 Å². The average Bonchev–Trinajstić information content (AvgIpc) is 2.38. The van der Waals surface area contributed by atoms with Gasteiger partial charge >= 0.3 is 5.97 Å². The van der Waals surface area contributed by atoms with Crippen molar-refractivity contribution in [3.63, 3.8) is 0 Å². The van der Waals surface area contributed by atoms with Crippen LogP contribution >= 0.6 is 0 Å². The largest absolute Gasteiger partial charge is 0.478 e. The number of rotatable bonds is 7. The number of aliphatic hydroxyl groups excluding tert-OH is 1. The van der Waals surface area contributed by atoms with E-state index >= 15 is 0 Å². The molecule has 0 amide bonds. The molecule has 4 heteroatoms. The van der Waals surface area contributed by atoms with Gasteiger partial charge in [0.25, 0.3) is 0 Å². The van der Waals surface area contributed by atoms with Crippen molar-refractivity contribution < 1.29 is 19.7 Å². The second kappa shape index (κ2) is 7.63. The summed E-state index contributed by atoms with van der Waals surface area (Å²) in [5.74, 6) is -0.963. The molecule has 0 saturated carbocycles. The SMILES string of the molecule is COC(CO)CCc1ccccc1/C=C/C(=O)O. The molecule has 0 heterocycles. The van der Waals surface area contributed by atoms with Crippen molar-refractivity contribution in [1.82, 2.24) is 0 Å². The van der Waals surface area contributed by atoms with E-state index in [0.717, 1.165) is 23.6 Å². The van der Waals surface area contributed by atoms with Crippen molar-refractivity contribution in [1.29, 1.82) is 0 Å². The minimum absolute atomic E-state index is 0.0103. The van der Waals surface area contributed by atoms with E-state index in [1.165, 1.54) is 0 Å². The van der Waals surface area contributed by atoms with Crippen molar-refractivity contribution >= 4 is 12.0 Å². The van der Waals surface area contributed by atoms with E-state index in [-0.39, 0.29) is 12.7 Å². The second-order valence-electron chi connectivity index (χ2n) is 3.95. The molecule has 1 aromatic carbocycles. The number of hydrogen-bond acceptors (Lipinski definition) is 3. The van der Waals surface area contributed by atoms with Gasteiger partial charge in [0.05, 0.1) is 12.7 Å². The summed E-state index contributed by atoms with van der Waals surface area (Å²) in [4.78, 5) is 10.5. The van der Waals surface area contributed by atoms with Gasteiger partial charge in [0.2, 0.25) is 0 Å². The molecule has 4 nitrogen and oxygen atoms in total. The summed E-state index contributed by atoms with van der Waals surface area (Å²) in [6, 6.07) is 7.60. The van der Waals surface area contributed by atoms with Gasteiger partial charge in [-0.25, -0.2) is 4.79 Å². The maximum Gasteiger partial charge on any atom is 0.328 e. The lowest BCUT2D eigenvalue weighted by Crippen LogP contribution is -2.16. The fourth-order valence-electron chi connectivity index (χ4n) is 1.69. The molecule has 2 N–H and O–H groups in total. The molecular formula is C14H18O4. The number of aliphatic hydroxyl groups is 1. The van der Waals surface area contributed by atoms with Gasteiger partial charge in [0, 0.05) is 13.2 Å². The summed E-state index contributed by atoms with van der Waals surface area (Å²) in [5, 5.41) is 17.7. The molecule has 0 spiro atoms. The summed E-state index contributed by atoms with van der Waals surface area (Å²) in [7, 11) is 1.57. The first-order valence-corrected chi connectivity index (χ1v) is 5.80. The van der Waals surface area contributed by atoms with Gasteiger partial charge in [0.1, 0.15) is 0 Å². The van der Waals surface area contributed by atoms with E-state index in [1.807, 2.05) is 24.3 Å². The summed E-state index contributed by atoms with van der Waals surface area (Å²) >= 11 is 0. The molecule has 0 bridgehead atoms.